The summed E-state index contributed by atoms with van der Waals surface area (Å²) < 4.78 is 0. The van der Waals surface area contributed by atoms with E-state index in [2.05, 4.69) is 0 Å². The van der Waals surface area contributed by atoms with Gasteiger partial charge >= 0.3 is 0 Å². The molecule has 0 radical (unpaired) electrons. The average Bonchev–Trinajstić information content (AvgIpc) is 2.05. The van der Waals surface area contributed by atoms with Gasteiger partial charge in [-0.15, -0.1) is 0 Å². The lowest BCUT2D eigenvalue weighted by Gasteiger charge is -2.36. The SMILES string of the molecule is CN1CCN(C)[C@@H](CC(N)=O)C1=O. The normalized spacial score (nSPS) is 24.9. The van der Waals surface area contributed by atoms with Gasteiger partial charge in [0.1, 0.15) is 0 Å². The van der Waals surface area contributed by atoms with Gasteiger partial charge < -0.3 is 10.6 Å². The Morgan fingerprint density at radius 3 is 2.69 bits per heavy atom. The third kappa shape index (κ3) is 2.18. The van der Waals surface area contributed by atoms with E-state index >= 15 is 0 Å². The molecular weight excluding hydrogens is 170 g/mol. The number of primary amides is 1. The van der Waals surface area contributed by atoms with Crippen molar-refractivity contribution in [3.63, 3.8) is 0 Å². The van der Waals surface area contributed by atoms with Gasteiger partial charge in [-0.3, -0.25) is 14.5 Å². The summed E-state index contributed by atoms with van der Waals surface area (Å²) in [6.45, 7) is 1.50. The number of rotatable bonds is 2. The van der Waals surface area contributed by atoms with Crippen molar-refractivity contribution in [1.29, 1.82) is 0 Å². The Balaban J connectivity index is 2.66. The van der Waals surface area contributed by atoms with Crippen LogP contribution in [0.25, 0.3) is 0 Å². The maximum Gasteiger partial charge on any atom is 0.240 e. The van der Waals surface area contributed by atoms with Crippen molar-refractivity contribution in [3.05, 3.63) is 0 Å². The number of piperazine rings is 1. The van der Waals surface area contributed by atoms with Crippen LogP contribution < -0.4 is 5.73 Å². The molecule has 1 rings (SSSR count). The van der Waals surface area contributed by atoms with E-state index in [1.807, 2.05) is 11.9 Å². The molecule has 74 valence electrons. The smallest absolute Gasteiger partial charge is 0.240 e. The third-order valence-electron chi connectivity index (χ3n) is 2.38. The number of amides is 2. The van der Waals surface area contributed by atoms with Crippen molar-refractivity contribution in [2.24, 2.45) is 5.73 Å². The molecule has 5 heteroatoms. The molecule has 0 aromatic carbocycles. The average molecular weight is 185 g/mol. The lowest BCUT2D eigenvalue weighted by Crippen LogP contribution is -2.55. The number of nitrogens with two attached hydrogens (primary N) is 1. The first-order valence-electron chi connectivity index (χ1n) is 4.26. The van der Waals surface area contributed by atoms with Gasteiger partial charge in [-0.25, -0.2) is 0 Å². The van der Waals surface area contributed by atoms with E-state index in [9.17, 15) is 9.59 Å². The van der Waals surface area contributed by atoms with Gasteiger partial charge in [0.25, 0.3) is 0 Å². The van der Waals surface area contributed by atoms with Crippen molar-refractivity contribution in [2.45, 2.75) is 12.5 Å². The Morgan fingerprint density at radius 1 is 1.54 bits per heavy atom. The fourth-order valence-electron chi connectivity index (χ4n) is 1.45. The van der Waals surface area contributed by atoms with E-state index in [0.717, 1.165) is 6.54 Å². The number of likely N-dealkylation sites (N-methyl/N-ethyl adjacent to an activating group) is 2. The lowest BCUT2D eigenvalue weighted by molar-refractivity contribution is -0.141. The van der Waals surface area contributed by atoms with E-state index in [1.165, 1.54) is 0 Å². The number of nitrogens with zero attached hydrogens (tertiary/aromatic N) is 2. The predicted molar refractivity (Wildman–Crippen MR) is 47.9 cm³/mol. The molecule has 1 aliphatic heterocycles. The molecule has 1 heterocycles. The van der Waals surface area contributed by atoms with E-state index in [-0.39, 0.29) is 18.4 Å². The Bertz CT molecular complexity index is 229. The molecule has 0 bridgehead atoms. The van der Waals surface area contributed by atoms with Crippen molar-refractivity contribution < 1.29 is 9.59 Å². The minimum absolute atomic E-state index is 0.0208. The summed E-state index contributed by atoms with van der Waals surface area (Å²) >= 11 is 0. The highest BCUT2D eigenvalue weighted by atomic mass is 16.2. The molecule has 2 amide bonds. The Labute approximate surface area is 77.5 Å². The molecule has 0 aromatic heterocycles. The fourth-order valence-corrected chi connectivity index (χ4v) is 1.45. The Hall–Kier alpha value is -1.10. The molecule has 1 saturated heterocycles. The molecular formula is C8H15N3O2. The molecule has 1 fully saturated rings. The molecule has 0 unspecified atom stereocenters. The number of hydrogen-bond donors (Lipinski definition) is 1. The van der Waals surface area contributed by atoms with E-state index in [4.69, 9.17) is 5.73 Å². The summed E-state index contributed by atoms with van der Waals surface area (Å²) in [5, 5.41) is 0. The lowest BCUT2D eigenvalue weighted by atomic mass is 10.1. The van der Waals surface area contributed by atoms with Crippen LogP contribution in [0.2, 0.25) is 0 Å². The highest BCUT2D eigenvalue weighted by Gasteiger charge is 2.31. The first-order chi connectivity index (χ1) is 6.02. The Morgan fingerprint density at radius 2 is 2.15 bits per heavy atom. The van der Waals surface area contributed by atoms with Crippen LogP contribution in [0.5, 0.6) is 0 Å². The van der Waals surface area contributed by atoms with Crippen molar-refractivity contribution in [1.82, 2.24) is 9.80 Å². The zero-order valence-corrected chi connectivity index (χ0v) is 7.99. The van der Waals surface area contributed by atoms with Gasteiger partial charge in [0.2, 0.25) is 11.8 Å². The summed E-state index contributed by atoms with van der Waals surface area (Å²) in [4.78, 5) is 25.7. The van der Waals surface area contributed by atoms with Crippen molar-refractivity contribution >= 4 is 11.8 Å². The summed E-state index contributed by atoms with van der Waals surface area (Å²) in [6, 6.07) is -0.365. The minimum Gasteiger partial charge on any atom is -0.370 e. The van der Waals surface area contributed by atoms with Crippen LogP contribution >= 0.6 is 0 Å². The zero-order chi connectivity index (χ0) is 10.0. The van der Waals surface area contributed by atoms with Crippen LogP contribution in [0.1, 0.15) is 6.42 Å². The van der Waals surface area contributed by atoms with Crippen molar-refractivity contribution in [2.75, 3.05) is 27.2 Å². The number of carbonyl (C=O) groups is 2. The second-order valence-corrected chi connectivity index (χ2v) is 3.43. The molecule has 1 atom stereocenters. The maximum absolute atomic E-state index is 11.5. The van der Waals surface area contributed by atoms with Gasteiger partial charge in [-0.2, -0.15) is 0 Å². The third-order valence-corrected chi connectivity index (χ3v) is 2.38. The van der Waals surface area contributed by atoms with Gasteiger partial charge in [-0.05, 0) is 7.05 Å². The topological polar surface area (TPSA) is 66.6 Å². The van der Waals surface area contributed by atoms with Crippen LogP contribution in [0.15, 0.2) is 0 Å². The first-order valence-corrected chi connectivity index (χ1v) is 4.26. The first kappa shape index (κ1) is 9.98. The quantitative estimate of drug-likeness (QED) is 0.577. The van der Waals surface area contributed by atoms with E-state index in [0.29, 0.717) is 6.54 Å². The monoisotopic (exact) mass is 185 g/mol. The molecule has 0 saturated carbocycles. The fraction of sp³-hybridized carbons (Fsp3) is 0.750. The highest BCUT2D eigenvalue weighted by Crippen LogP contribution is 2.10. The molecule has 13 heavy (non-hydrogen) atoms. The summed E-state index contributed by atoms with van der Waals surface area (Å²) in [5.74, 6) is -0.451. The second kappa shape index (κ2) is 3.74. The largest absolute Gasteiger partial charge is 0.370 e. The van der Waals surface area contributed by atoms with Crippen LogP contribution in [-0.2, 0) is 9.59 Å². The molecule has 5 nitrogen and oxygen atoms in total. The van der Waals surface area contributed by atoms with Crippen LogP contribution in [0.3, 0.4) is 0 Å². The van der Waals surface area contributed by atoms with E-state index in [1.54, 1.807) is 11.9 Å². The van der Waals surface area contributed by atoms with Crippen LogP contribution in [0.4, 0.5) is 0 Å². The highest BCUT2D eigenvalue weighted by molar-refractivity contribution is 5.88. The molecule has 1 aliphatic rings. The molecule has 0 aromatic rings. The minimum atomic E-state index is -0.430. The molecule has 0 aliphatic carbocycles. The number of carbonyl (C=O) groups excluding carboxylic acids is 2. The van der Waals surface area contributed by atoms with Gasteiger partial charge in [0, 0.05) is 20.1 Å². The second-order valence-electron chi connectivity index (χ2n) is 3.43. The zero-order valence-electron chi connectivity index (χ0n) is 7.99. The van der Waals surface area contributed by atoms with Crippen LogP contribution in [-0.4, -0.2) is 54.8 Å². The van der Waals surface area contributed by atoms with Crippen molar-refractivity contribution in [3.8, 4) is 0 Å². The predicted octanol–water partition coefficient (Wildman–Crippen LogP) is -1.37. The summed E-state index contributed by atoms with van der Waals surface area (Å²) in [5.41, 5.74) is 5.06. The van der Waals surface area contributed by atoms with Crippen LogP contribution in [0, 0.1) is 0 Å². The standard InChI is InChI=1S/C8H15N3O2/c1-10-3-4-11(2)8(13)6(10)5-7(9)12/h6H,3-5H2,1-2H3,(H2,9,12)/t6-/m0/s1. The summed E-state index contributed by atoms with van der Waals surface area (Å²) in [7, 11) is 3.57. The molecule has 0 spiro atoms. The Kier molecular flexibility index (Phi) is 2.87. The number of hydrogen-bond acceptors (Lipinski definition) is 3. The summed E-state index contributed by atoms with van der Waals surface area (Å²) in [6.07, 6.45) is 0.111. The molecule has 2 N–H and O–H groups in total. The maximum atomic E-state index is 11.5. The van der Waals surface area contributed by atoms with Gasteiger partial charge in [0.05, 0.1) is 12.5 Å². The van der Waals surface area contributed by atoms with Gasteiger partial charge in [-0.1, -0.05) is 0 Å². The van der Waals surface area contributed by atoms with Gasteiger partial charge in [0.15, 0.2) is 0 Å². The van der Waals surface area contributed by atoms with E-state index < -0.39 is 5.91 Å².